The molecular formula is C12H12ClN5O. The zero-order valence-corrected chi connectivity index (χ0v) is 10.8. The number of primary amides is 1. The molecule has 1 amide bonds. The van der Waals surface area contributed by atoms with E-state index in [1.807, 2.05) is 17.0 Å². The molecular weight excluding hydrogens is 266 g/mol. The highest BCUT2D eigenvalue weighted by molar-refractivity contribution is 6.29. The molecule has 19 heavy (non-hydrogen) atoms. The minimum Gasteiger partial charge on any atom is -0.369 e. The number of carbonyl (C=O) groups is 1. The first-order valence-corrected chi connectivity index (χ1v) is 6.03. The number of hydrogen-bond acceptors (Lipinski definition) is 5. The van der Waals surface area contributed by atoms with Crippen LogP contribution in [0.5, 0.6) is 0 Å². The maximum atomic E-state index is 11.2. The van der Waals surface area contributed by atoms with E-state index in [4.69, 9.17) is 22.6 Å². The van der Waals surface area contributed by atoms with Crippen LogP contribution in [0.2, 0.25) is 5.15 Å². The topological polar surface area (TPSA) is 95.0 Å². The molecule has 0 bridgehead atoms. The molecule has 98 valence electrons. The average Bonchev–Trinajstić information content (AvgIpc) is 2.81. The zero-order chi connectivity index (χ0) is 13.8. The molecule has 0 saturated carbocycles. The fourth-order valence-corrected chi connectivity index (χ4v) is 1.99. The van der Waals surface area contributed by atoms with Gasteiger partial charge in [0.05, 0.1) is 0 Å². The number of amides is 1. The van der Waals surface area contributed by atoms with Crippen molar-refractivity contribution in [3.8, 4) is 6.07 Å². The largest absolute Gasteiger partial charge is 0.369 e. The zero-order valence-electron chi connectivity index (χ0n) is 10.1. The van der Waals surface area contributed by atoms with Gasteiger partial charge in [-0.05, 0) is 11.6 Å². The second-order valence-electron chi connectivity index (χ2n) is 4.04. The van der Waals surface area contributed by atoms with Crippen LogP contribution < -0.4 is 11.1 Å². The molecule has 1 aromatic heterocycles. The van der Waals surface area contributed by atoms with E-state index in [-0.39, 0.29) is 5.57 Å². The van der Waals surface area contributed by atoms with Crippen LogP contribution in [-0.2, 0) is 11.3 Å². The standard InChI is InChI=1S/C12H12ClN5O/c13-10-2-1-8(6-17-10)7-18-4-3-16-12(18)9(5-14)11(15)19/h1-2,6,16H,3-4,7H2,(H2,15,19)/b12-9+. The number of aromatic nitrogens is 1. The number of nitriles is 1. The SMILES string of the molecule is N#C/C(C(N)=O)=C1/NCCN1Cc1ccc(Cl)nc1. The van der Waals surface area contributed by atoms with Crippen molar-refractivity contribution in [2.24, 2.45) is 5.73 Å². The van der Waals surface area contributed by atoms with E-state index in [1.165, 1.54) is 0 Å². The number of halogens is 1. The van der Waals surface area contributed by atoms with E-state index in [0.29, 0.717) is 30.6 Å². The Morgan fingerprint density at radius 1 is 1.63 bits per heavy atom. The summed E-state index contributed by atoms with van der Waals surface area (Å²) in [7, 11) is 0. The van der Waals surface area contributed by atoms with Crippen LogP contribution >= 0.6 is 11.6 Å². The summed E-state index contributed by atoms with van der Waals surface area (Å²) < 4.78 is 0. The highest BCUT2D eigenvalue weighted by atomic mass is 35.5. The van der Waals surface area contributed by atoms with Crippen LogP contribution in [0.3, 0.4) is 0 Å². The summed E-state index contributed by atoms with van der Waals surface area (Å²) in [6.07, 6.45) is 1.66. The van der Waals surface area contributed by atoms with Gasteiger partial charge >= 0.3 is 0 Å². The van der Waals surface area contributed by atoms with Crippen LogP contribution in [-0.4, -0.2) is 28.9 Å². The molecule has 0 aromatic carbocycles. The van der Waals surface area contributed by atoms with Gasteiger partial charge in [-0.25, -0.2) is 4.98 Å². The average molecular weight is 278 g/mol. The molecule has 0 atom stereocenters. The number of rotatable bonds is 3. The van der Waals surface area contributed by atoms with E-state index in [0.717, 1.165) is 5.56 Å². The van der Waals surface area contributed by atoms with E-state index in [9.17, 15) is 4.79 Å². The minimum atomic E-state index is -0.730. The summed E-state index contributed by atoms with van der Waals surface area (Å²) >= 11 is 5.72. The van der Waals surface area contributed by atoms with E-state index in [1.54, 1.807) is 12.3 Å². The first kappa shape index (κ1) is 13.2. The number of pyridine rings is 1. The van der Waals surface area contributed by atoms with Gasteiger partial charge in [-0.2, -0.15) is 5.26 Å². The second-order valence-corrected chi connectivity index (χ2v) is 4.42. The van der Waals surface area contributed by atoms with Crippen molar-refractivity contribution in [1.82, 2.24) is 15.2 Å². The third-order valence-corrected chi connectivity index (χ3v) is 2.97. The van der Waals surface area contributed by atoms with Gasteiger partial charge in [-0.15, -0.1) is 0 Å². The predicted molar refractivity (Wildman–Crippen MR) is 69.5 cm³/mol. The molecule has 3 N–H and O–H groups in total. The lowest BCUT2D eigenvalue weighted by Gasteiger charge is -2.19. The lowest BCUT2D eigenvalue weighted by Crippen LogP contribution is -2.26. The number of nitrogens with zero attached hydrogens (tertiary/aromatic N) is 3. The van der Waals surface area contributed by atoms with Gasteiger partial charge in [0.1, 0.15) is 17.0 Å². The van der Waals surface area contributed by atoms with Gasteiger partial charge in [0.25, 0.3) is 5.91 Å². The predicted octanol–water partition coefficient (Wildman–Crippen LogP) is 0.361. The summed E-state index contributed by atoms with van der Waals surface area (Å²) in [5.74, 6) is -0.254. The smallest absolute Gasteiger partial charge is 0.263 e. The van der Waals surface area contributed by atoms with Crippen LogP contribution in [0.1, 0.15) is 5.56 Å². The first-order valence-electron chi connectivity index (χ1n) is 5.65. The monoisotopic (exact) mass is 277 g/mol. The number of nitrogens with one attached hydrogen (secondary N) is 1. The number of carbonyl (C=O) groups excluding carboxylic acids is 1. The van der Waals surface area contributed by atoms with Gasteiger partial charge < -0.3 is 16.0 Å². The molecule has 1 aromatic rings. The number of nitrogens with two attached hydrogens (primary N) is 1. The lowest BCUT2D eigenvalue weighted by molar-refractivity contribution is -0.114. The van der Waals surface area contributed by atoms with Gasteiger partial charge in [0.2, 0.25) is 0 Å². The van der Waals surface area contributed by atoms with Gasteiger partial charge in [0, 0.05) is 25.8 Å². The minimum absolute atomic E-state index is 0.0561. The fourth-order valence-electron chi connectivity index (χ4n) is 1.88. The Labute approximate surface area is 115 Å². The summed E-state index contributed by atoms with van der Waals surface area (Å²) in [5, 5.41) is 12.4. The Hall–Kier alpha value is -2.26. The Bertz CT molecular complexity index is 560. The highest BCUT2D eigenvalue weighted by Crippen LogP contribution is 2.16. The fraction of sp³-hybridized carbons (Fsp3) is 0.250. The molecule has 0 radical (unpaired) electrons. The Morgan fingerprint density at radius 2 is 2.42 bits per heavy atom. The van der Waals surface area contributed by atoms with Crippen molar-refractivity contribution in [3.63, 3.8) is 0 Å². The van der Waals surface area contributed by atoms with E-state index < -0.39 is 5.91 Å². The molecule has 2 rings (SSSR count). The summed E-state index contributed by atoms with van der Waals surface area (Å²) in [4.78, 5) is 17.1. The third-order valence-electron chi connectivity index (χ3n) is 2.75. The summed E-state index contributed by atoms with van der Waals surface area (Å²) in [5.41, 5.74) is 6.07. The molecule has 1 aliphatic heterocycles. The summed E-state index contributed by atoms with van der Waals surface area (Å²) in [6.45, 7) is 1.89. The quantitative estimate of drug-likeness (QED) is 0.473. The normalized spacial score (nSPS) is 16.7. The molecule has 7 heteroatoms. The maximum absolute atomic E-state index is 11.2. The van der Waals surface area contributed by atoms with Gasteiger partial charge in [-0.1, -0.05) is 17.7 Å². The van der Waals surface area contributed by atoms with Crippen molar-refractivity contribution in [2.45, 2.75) is 6.54 Å². The second kappa shape index (κ2) is 5.59. The van der Waals surface area contributed by atoms with Crippen molar-refractivity contribution in [1.29, 1.82) is 5.26 Å². The maximum Gasteiger partial charge on any atom is 0.263 e. The Morgan fingerprint density at radius 3 is 3.00 bits per heavy atom. The van der Waals surface area contributed by atoms with Crippen molar-refractivity contribution in [3.05, 3.63) is 40.4 Å². The van der Waals surface area contributed by atoms with E-state index >= 15 is 0 Å². The van der Waals surface area contributed by atoms with E-state index in [2.05, 4.69) is 10.3 Å². The molecule has 6 nitrogen and oxygen atoms in total. The molecule has 0 unspecified atom stereocenters. The Kier molecular flexibility index (Phi) is 3.88. The third kappa shape index (κ3) is 2.95. The first-order chi connectivity index (χ1) is 9.11. The van der Waals surface area contributed by atoms with Gasteiger partial charge in [-0.3, -0.25) is 4.79 Å². The molecule has 1 saturated heterocycles. The van der Waals surface area contributed by atoms with Crippen LogP contribution in [0.4, 0.5) is 0 Å². The van der Waals surface area contributed by atoms with Gasteiger partial charge in [0.15, 0.2) is 5.57 Å². The molecule has 0 spiro atoms. The van der Waals surface area contributed by atoms with Crippen LogP contribution in [0.15, 0.2) is 29.7 Å². The lowest BCUT2D eigenvalue weighted by atomic mass is 10.2. The molecule has 2 heterocycles. The van der Waals surface area contributed by atoms with Crippen LogP contribution in [0.25, 0.3) is 0 Å². The van der Waals surface area contributed by atoms with Crippen LogP contribution in [0, 0.1) is 11.3 Å². The molecule has 1 aliphatic rings. The molecule has 1 fully saturated rings. The van der Waals surface area contributed by atoms with Crippen molar-refractivity contribution >= 4 is 17.5 Å². The summed E-state index contributed by atoms with van der Waals surface area (Å²) in [6, 6.07) is 5.38. The van der Waals surface area contributed by atoms with Crippen molar-refractivity contribution < 1.29 is 4.79 Å². The number of hydrogen-bond donors (Lipinski definition) is 2. The highest BCUT2D eigenvalue weighted by Gasteiger charge is 2.23. The van der Waals surface area contributed by atoms with Crippen molar-refractivity contribution in [2.75, 3.05) is 13.1 Å². The molecule has 0 aliphatic carbocycles. The Balaban J connectivity index is 2.22.